The average Bonchev–Trinajstić information content (AvgIpc) is 2.83. The largest absolute Gasteiger partial charge is 0.481 e. The number of carboxylic acid groups (broad SMARTS) is 1. The SMILES string of the molecule is O=C(O)CCNCc1nnc(-c2cccc(Br)c2)o1. The minimum Gasteiger partial charge on any atom is -0.481 e. The molecule has 7 heteroatoms. The highest BCUT2D eigenvalue weighted by atomic mass is 79.9. The summed E-state index contributed by atoms with van der Waals surface area (Å²) in [5, 5.41) is 19.3. The van der Waals surface area contributed by atoms with Crippen molar-refractivity contribution in [3.8, 4) is 11.5 Å². The third kappa shape index (κ3) is 4.15. The average molecular weight is 326 g/mol. The van der Waals surface area contributed by atoms with Crippen LogP contribution in [0.3, 0.4) is 0 Å². The highest BCUT2D eigenvalue weighted by Gasteiger charge is 2.08. The van der Waals surface area contributed by atoms with Gasteiger partial charge in [0, 0.05) is 16.6 Å². The molecule has 0 spiro atoms. The molecule has 0 aliphatic rings. The second-order valence-electron chi connectivity index (χ2n) is 3.83. The van der Waals surface area contributed by atoms with Gasteiger partial charge in [-0.05, 0) is 18.2 Å². The standard InChI is InChI=1S/C12H12BrN3O3/c13-9-3-1-2-8(6-9)12-16-15-10(19-12)7-14-5-4-11(17)18/h1-3,6,14H,4-5,7H2,(H,17,18). The molecule has 0 amide bonds. The van der Waals surface area contributed by atoms with Gasteiger partial charge in [0.2, 0.25) is 11.8 Å². The van der Waals surface area contributed by atoms with Crippen molar-refractivity contribution in [1.29, 1.82) is 0 Å². The Labute approximate surface area is 118 Å². The second-order valence-corrected chi connectivity index (χ2v) is 4.75. The number of aromatic nitrogens is 2. The van der Waals surface area contributed by atoms with Crippen LogP contribution in [-0.2, 0) is 11.3 Å². The Hall–Kier alpha value is -1.73. The molecule has 0 saturated carbocycles. The van der Waals surface area contributed by atoms with Gasteiger partial charge < -0.3 is 14.8 Å². The summed E-state index contributed by atoms with van der Waals surface area (Å²) in [6, 6.07) is 7.55. The van der Waals surface area contributed by atoms with Gasteiger partial charge >= 0.3 is 5.97 Å². The summed E-state index contributed by atoms with van der Waals surface area (Å²) in [7, 11) is 0. The Bertz CT molecular complexity index is 571. The number of nitrogens with zero attached hydrogens (tertiary/aromatic N) is 2. The number of halogens is 1. The number of hydrogen-bond acceptors (Lipinski definition) is 5. The molecule has 2 rings (SSSR count). The number of rotatable bonds is 6. The van der Waals surface area contributed by atoms with Crippen molar-refractivity contribution in [1.82, 2.24) is 15.5 Å². The third-order valence-electron chi connectivity index (χ3n) is 2.33. The van der Waals surface area contributed by atoms with E-state index in [4.69, 9.17) is 9.52 Å². The van der Waals surface area contributed by atoms with Crippen LogP contribution in [-0.4, -0.2) is 27.8 Å². The fourth-order valence-corrected chi connectivity index (χ4v) is 1.85. The monoisotopic (exact) mass is 325 g/mol. The molecule has 1 aromatic heterocycles. The van der Waals surface area contributed by atoms with Gasteiger partial charge in [0.05, 0.1) is 13.0 Å². The van der Waals surface area contributed by atoms with E-state index in [1.807, 2.05) is 24.3 Å². The van der Waals surface area contributed by atoms with Crippen LogP contribution in [0, 0.1) is 0 Å². The second kappa shape index (κ2) is 6.44. The molecule has 0 bridgehead atoms. The van der Waals surface area contributed by atoms with Crippen LogP contribution in [0.5, 0.6) is 0 Å². The Morgan fingerprint density at radius 3 is 3.00 bits per heavy atom. The van der Waals surface area contributed by atoms with Crippen molar-refractivity contribution in [3.63, 3.8) is 0 Å². The molecule has 0 fully saturated rings. The highest BCUT2D eigenvalue weighted by Crippen LogP contribution is 2.21. The fourth-order valence-electron chi connectivity index (χ4n) is 1.45. The molecule has 19 heavy (non-hydrogen) atoms. The van der Waals surface area contributed by atoms with E-state index in [0.29, 0.717) is 24.9 Å². The van der Waals surface area contributed by atoms with Gasteiger partial charge in [0.15, 0.2) is 0 Å². The van der Waals surface area contributed by atoms with Gasteiger partial charge in [-0.2, -0.15) is 0 Å². The van der Waals surface area contributed by atoms with Crippen LogP contribution in [0.15, 0.2) is 33.2 Å². The number of nitrogens with one attached hydrogen (secondary N) is 1. The zero-order valence-corrected chi connectivity index (χ0v) is 11.6. The Balaban J connectivity index is 1.94. The van der Waals surface area contributed by atoms with Crippen LogP contribution in [0.25, 0.3) is 11.5 Å². The summed E-state index contributed by atoms with van der Waals surface area (Å²) in [5.41, 5.74) is 0.832. The van der Waals surface area contributed by atoms with E-state index in [9.17, 15) is 4.79 Å². The van der Waals surface area contributed by atoms with Crippen LogP contribution in [0.4, 0.5) is 0 Å². The zero-order chi connectivity index (χ0) is 13.7. The normalized spacial score (nSPS) is 10.6. The summed E-state index contributed by atoms with van der Waals surface area (Å²) in [6.07, 6.45) is 0.0621. The lowest BCUT2D eigenvalue weighted by Crippen LogP contribution is -2.17. The maximum Gasteiger partial charge on any atom is 0.304 e. The first-order chi connectivity index (χ1) is 9.15. The molecule has 0 unspecified atom stereocenters. The number of carbonyl (C=O) groups is 1. The maximum atomic E-state index is 10.3. The van der Waals surface area contributed by atoms with Crippen LogP contribution >= 0.6 is 15.9 Å². The van der Waals surface area contributed by atoms with Gasteiger partial charge in [0.25, 0.3) is 0 Å². The van der Waals surface area contributed by atoms with Crippen LogP contribution < -0.4 is 5.32 Å². The van der Waals surface area contributed by atoms with Crippen molar-refractivity contribution < 1.29 is 14.3 Å². The van der Waals surface area contributed by atoms with E-state index in [0.717, 1.165) is 10.0 Å². The minimum atomic E-state index is -0.840. The Morgan fingerprint density at radius 2 is 2.26 bits per heavy atom. The lowest BCUT2D eigenvalue weighted by atomic mass is 10.2. The van der Waals surface area contributed by atoms with Gasteiger partial charge in [-0.15, -0.1) is 10.2 Å². The number of hydrogen-bond donors (Lipinski definition) is 2. The Kier molecular flexibility index (Phi) is 4.64. The summed E-state index contributed by atoms with van der Waals surface area (Å²) >= 11 is 3.37. The lowest BCUT2D eigenvalue weighted by Gasteiger charge is -1.98. The zero-order valence-electron chi connectivity index (χ0n) is 9.97. The molecule has 2 N–H and O–H groups in total. The fraction of sp³-hybridized carbons (Fsp3) is 0.250. The summed E-state index contributed by atoms with van der Waals surface area (Å²) in [6.45, 7) is 0.720. The van der Waals surface area contributed by atoms with Crippen molar-refractivity contribution in [2.45, 2.75) is 13.0 Å². The topological polar surface area (TPSA) is 88.2 Å². The van der Waals surface area contributed by atoms with E-state index < -0.39 is 5.97 Å². The smallest absolute Gasteiger partial charge is 0.304 e. The molecule has 1 aromatic carbocycles. The quantitative estimate of drug-likeness (QED) is 0.790. The van der Waals surface area contributed by atoms with E-state index in [1.54, 1.807) is 0 Å². The van der Waals surface area contributed by atoms with Crippen molar-refractivity contribution in [2.24, 2.45) is 0 Å². The Morgan fingerprint density at radius 1 is 1.42 bits per heavy atom. The van der Waals surface area contributed by atoms with E-state index in [-0.39, 0.29) is 6.42 Å². The third-order valence-corrected chi connectivity index (χ3v) is 2.82. The molecule has 100 valence electrons. The van der Waals surface area contributed by atoms with Crippen molar-refractivity contribution in [3.05, 3.63) is 34.6 Å². The predicted octanol–water partition coefficient (Wildman–Crippen LogP) is 2.06. The van der Waals surface area contributed by atoms with E-state index in [1.165, 1.54) is 0 Å². The highest BCUT2D eigenvalue weighted by molar-refractivity contribution is 9.10. The lowest BCUT2D eigenvalue weighted by molar-refractivity contribution is -0.136. The molecule has 0 aliphatic carbocycles. The predicted molar refractivity (Wildman–Crippen MR) is 71.4 cm³/mol. The number of carboxylic acids is 1. The first-order valence-electron chi connectivity index (χ1n) is 5.66. The molecule has 0 saturated heterocycles. The summed E-state index contributed by atoms with van der Waals surface area (Å²) in [5.74, 6) is 0.0320. The molecule has 0 radical (unpaired) electrons. The molecule has 6 nitrogen and oxygen atoms in total. The number of benzene rings is 1. The first-order valence-corrected chi connectivity index (χ1v) is 6.45. The molecular weight excluding hydrogens is 314 g/mol. The molecule has 1 heterocycles. The van der Waals surface area contributed by atoms with E-state index >= 15 is 0 Å². The molecule has 0 atom stereocenters. The molecule has 2 aromatic rings. The molecule has 0 aliphatic heterocycles. The van der Waals surface area contributed by atoms with Crippen LogP contribution in [0.2, 0.25) is 0 Å². The van der Waals surface area contributed by atoms with Crippen molar-refractivity contribution >= 4 is 21.9 Å². The summed E-state index contributed by atoms with van der Waals surface area (Å²) in [4.78, 5) is 10.3. The van der Waals surface area contributed by atoms with Gasteiger partial charge in [-0.3, -0.25) is 4.79 Å². The minimum absolute atomic E-state index is 0.0621. The van der Waals surface area contributed by atoms with Gasteiger partial charge in [-0.25, -0.2) is 0 Å². The maximum absolute atomic E-state index is 10.3. The van der Waals surface area contributed by atoms with Gasteiger partial charge in [-0.1, -0.05) is 22.0 Å². The molecular formula is C12H12BrN3O3. The summed E-state index contributed by atoms with van der Waals surface area (Å²) < 4.78 is 6.41. The van der Waals surface area contributed by atoms with E-state index in [2.05, 4.69) is 31.4 Å². The first kappa shape index (κ1) is 13.7. The van der Waals surface area contributed by atoms with Crippen molar-refractivity contribution in [2.75, 3.05) is 6.54 Å². The van der Waals surface area contributed by atoms with Gasteiger partial charge in [0.1, 0.15) is 0 Å². The number of aliphatic carboxylic acids is 1. The van der Waals surface area contributed by atoms with Crippen LogP contribution in [0.1, 0.15) is 12.3 Å².